The fourth-order valence-electron chi connectivity index (χ4n) is 3.77. The summed E-state index contributed by atoms with van der Waals surface area (Å²) < 4.78 is 12.5. The van der Waals surface area contributed by atoms with E-state index < -0.39 is 24.6 Å². The summed E-state index contributed by atoms with van der Waals surface area (Å²) >= 11 is 7.29. The first kappa shape index (κ1) is 25.4. The fourth-order valence-corrected chi connectivity index (χ4v) is 4.95. The summed E-state index contributed by atoms with van der Waals surface area (Å²) in [4.78, 5) is 42.3. The molecule has 1 aliphatic heterocycles. The van der Waals surface area contributed by atoms with Crippen molar-refractivity contribution in [1.29, 1.82) is 0 Å². The average Bonchev–Trinajstić information content (AvgIpc) is 3.12. The molecule has 0 saturated carbocycles. The molecule has 0 amide bonds. The van der Waals surface area contributed by atoms with Gasteiger partial charge in [-0.1, -0.05) is 47.2 Å². The van der Waals surface area contributed by atoms with Gasteiger partial charge in [0.2, 0.25) is 0 Å². The third kappa shape index (κ3) is 5.42. The van der Waals surface area contributed by atoms with Gasteiger partial charge in [0.25, 0.3) is 5.56 Å². The summed E-state index contributed by atoms with van der Waals surface area (Å²) in [5.41, 5.74) is 1.87. The number of hydrogen-bond donors (Lipinski definition) is 0. The van der Waals surface area contributed by atoms with Crippen LogP contribution in [0.2, 0.25) is 5.02 Å². The van der Waals surface area contributed by atoms with Crippen molar-refractivity contribution in [1.82, 2.24) is 4.57 Å². The number of nitrogens with zero attached hydrogens (tertiary/aromatic N) is 2. The number of carboxylic acid groups (broad SMARTS) is 1. The Morgan fingerprint density at radius 1 is 1.17 bits per heavy atom. The minimum absolute atomic E-state index is 0.291. The summed E-state index contributed by atoms with van der Waals surface area (Å²) in [5.74, 6) is -1.49. The number of carbonyl (C=O) groups excluding carboxylic acids is 2. The van der Waals surface area contributed by atoms with Crippen molar-refractivity contribution in [3.8, 4) is 5.75 Å². The molecule has 1 aliphatic rings. The molecule has 0 spiro atoms. The van der Waals surface area contributed by atoms with Gasteiger partial charge in [-0.15, -0.1) is 0 Å². The Hall–Kier alpha value is -3.69. The SMILES string of the molecule is CC1=C(C(=O)OC(C)C)C(c2ccc(Cl)cc2)n2c(s/c(=C\c3ccc(OCC(=O)[O-])cc3)c2=O)=N1. The van der Waals surface area contributed by atoms with Gasteiger partial charge >= 0.3 is 5.97 Å². The van der Waals surface area contributed by atoms with Crippen molar-refractivity contribution in [2.75, 3.05) is 6.61 Å². The predicted molar refractivity (Wildman–Crippen MR) is 133 cm³/mol. The van der Waals surface area contributed by atoms with Crippen LogP contribution >= 0.6 is 22.9 Å². The maximum atomic E-state index is 13.6. The fraction of sp³-hybridized carbons (Fsp3) is 0.231. The van der Waals surface area contributed by atoms with Crippen molar-refractivity contribution < 1.29 is 24.2 Å². The minimum atomic E-state index is -1.32. The van der Waals surface area contributed by atoms with Crippen LogP contribution in [0.15, 0.2) is 69.6 Å². The molecule has 3 aromatic rings. The van der Waals surface area contributed by atoms with Gasteiger partial charge in [0.05, 0.1) is 33.9 Å². The van der Waals surface area contributed by atoms with Crippen molar-refractivity contribution in [3.05, 3.63) is 95.6 Å². The zero-order valence-electron chi connectivity index (χ0n) is 19.7. The molecule has 0 fully saturated rings. The number of aromatic nitrogens is 1. The van der Waals surface area contributed by atoms with Gasteiger partial charge in [-0.25, -0.2) is 9.79 Å². The Balaban J connectivity index is 1.81. The van der Waals surface area contributed by atoms with E-state index in [0.29, 0.717) is 42.5 Å². The second-order valence-electron chi connectivity index (χ2n) is 8.32. The Labute approximate surface area is 215 Å². The van der Waals surface area contributed by atoms with E-state index in [2.05, 4.69) is 4.99 Å². The van der Waals surface area contributed by atoms with E-state index in [-0.39, 0.29) is 11.7 Å². The zero-order valence-corrected chi connectivity index (χ0v) is 21.3. The smallest absolute Gasteiger partial charge is 0.338 e. The number of carbonyl (C=O) groups is 2. The second kappa shape index (κ2) is 10.5. The van der Waals surface area contributed by atoms with Gasteiger partial charge in [0, 0.05) is 5.02 Å². The Kier molecular flexibility index (Phi) is 7.42. The largest absolute Gasteiger partial charge is 0.546 e. The number of benzene rings is 2. The topological polar surface area (TPSA) is 110 Å². The molecule has 10 heteroatoms. The molecule has 0 N–H and O–H groups in total. The standard InChI is InChI=1S/C26H23ClN2O6S/c1-14(2)35-25(33)22-15(3)28-26-29(23(22)17-6-8-18(27)9-7-17)24(32)20(36-26)12-16-4-10-19(11-5-16)34-13-21(30)31/h4-12,14,23H,13H2,1-3H3,(H,30,31)/p-1/b20-12-. The van der Waals surface area contributed by atoms with E-state index in [1.165, 1.54) is 15.9 Å². The predicted octanol–water partition coefficient (Wildman–Crippen LogP) is 1.97. The number of thiazole rings is 1. The molecule has 0 bridgehead atoms. The lowest BCUT2D eigenvalue weighted by Crippen LogP contribution is -2.40. The van der Waals surface area contributed by atoms with Crippen molar-refractivity contribution >= 4 is 41.0 Å². The molecule has 0 saturated heterocycles. The van der Waals surface area contributed by atoms with Gasteiger partial charge in [-0.2, -0.15) is 0 Å². The van der Waals surface area contributed by atoms with E-state index in [4.69, 9.17) is 21.1 Å². The third-order valence-electron chi connectivity index (χ3n) is 5.30. The normalized spacial score (nSPS) is 15.5. The molecule has 2 aromatic carbocycles. The van der Waals surface area contributed by atoms with E-state index in [1.54, 1.807) is 75.4 Å². The van der Waals surface area contributed by atoms with Crippen LogP contribution in [-0.2, 0) is 14.3 Å². The van der Waals surface area contributed by atoms with Crippen LogP contribution in [0.4, 0.5) is 0 Å². The summed E-state index contributed by atoms with van der Waals surface area (Å²) in [6.45, 7) is 4.69. The number of aliphatic carboxylic acids is 1. The Bertz CT molecular complexity index is 1520. The first-order valence-electron chi connectivity index (χ1n) is 11.1. The molecule has 0 aliphatic carbocycles. The molecule has 0 radical (unpaired) electrons. The Morgan fingerprint density at radius 2 is 1.83 bits per heavy atom. The molecule has 1 aromatic heterocycles. The molecule has 186 valence electrons. The van der Waals surface area contributed by atoms with Crippen LogP contribution in [0, 0.1) is 0 Å². The molecular weight excluding hydrogens is 504 g/mol. The first-order valence-corrected chi connectivity index (χ1v) is 12.2. The number of esters is 1. The van der Waals surface area contributed by atoms with Gasteiger partial charge < -0.3 is 19.4 Å². The van der Waals surface area contributed by atoms with Crippen LogP contribution < -0.4 is 24.7 Å². The monoisotopic (exact) mass is 525 g/mol. The van der Waals surface area contributed by atoms with Crippen LogP contribution in [0.3, 0.4) is 0 Å². The lowest BCUT2D eigenvalue weighted by atomic mass is 9.96. The number of ether oxygens (including phenoxy) is 2. The lowest BCUT2D eigenvalue weighted by molar-refractivity contribution is -0.307. The second-order valence-corrected chi connectivity index (χ2v) is 9.76. The highest BCUT2D eigenvalue weighted by atomic mass is 35.5. The number of hydrogen-bond acceptors (Lipinski definition) is 8. The van der Waals surface area contributed by atoms with Crippen LogP contribution in [0.5, 0.6) is 5.75 Å². The van der Waals surface area contributed by atoms with E-state index in [1.807, 2.05) is 0 Å². The van der Waals surface area contributed by atoms with Gasteiger partial charge in [0.1, 0.15) is 12.4 Å². The molecular formula is C26H22ClN2O6S-. The van der Waals surface area contributed by atoms with E-state index >= 15 is 0 Å². The highest BCUT2D eigenvalue weighted by Crippen LogP contribution is 2.31. The van der Waals surface area contributed by atoms with Gasteiger partial charge in [0.15, 0.2) is 4.80 Å². The first-order chi connectivity index (χ1) is 17.1. The number of rotatable bonds is 7. The van der Waals surface area contributed by atoms with Crippen molar-refractivity contribution in [2.45, 2.75) is 32.9 Å². The molecule has 4 rings (SSSR count). The third-order valence-corrected chi connectivity index (χ3v) is 6.54. The number of fused-ring (bicyclic) bond motifs is 1. The van der Waals surface area contributed by atoms with Crippen molar-refractivity contribution in [2.24, 2.45) is 4.99 Å². The Morgan fingerprint density at radius 3 is 2.44 bits per heavy atom. The lowest BCUT2D eigenvalue weighted by Gasteiger charge is -2.25. The number of halogens is 1. The van der Waals surface area contributed by atoms with Gasteiger partial charge in [-0.05, 0) is 62.2 Å². The maximum Gasteiger partial charge on any atom is 0.338 e. The molecule has 2 heterocycles. The van der Waals surface area contributed by atoms with E-state index in [9.17, 15) is 19.5 Å². The molecule has 8 nitrogen and oxygen atoms in total. The number of carboxylic acids is 1. The van der Waals surface area contributed by atoms with Crippen molar-refractivity contribution in [3.63, 3.8) is 0 Å². The molecule has 1 unspecified atom stereocenters. The van der Waals surface area contributed by atoms with Crippen LogP contribution in [-0.4, -0.2) is 29.2 Å². The summed E-state index contributed by atoms with van der Waals surface area (Å²) in [6.07, 6.45) is 1.36. The van der Waals surface area contributed by atoms with Gasteiger partial charge in [-0.3, -0.25) is 9.36 Å². The summed E-state index contributed by atoms with van der Waals surface area (Å²) in [5, 5.41) is 11.1. The maximum absolute atomic E-state index is 13.6. The number of allylic oxidation sites excluding steroid dienone is 1. The molecule has 1 atom stereocenters. The summed E-state index contributed by atoms with van der Waals surface area (Å²) in [6, 6.07) is 12.8. The highest BCUT2D eigenvalue weighted by molar-refractivity contribution is 7.07. The average molecular weight is 526 g/mol. The highest BCUT2D eigenvalue weighted by Gasteiger charge is 2.33. The minimum Gasteiger partial charge on any atom is -0.546 e. The quantitative estimate of drug-likeness (QED) is 0.436. The van der Waals surface area contributed by atoms with E-state index in [0.717, 1.165) is 0 Å². The molecule has 36 heavy (non-hydrogen) atoms. The summed E-state index contributed by atoms with van der Waals surface area (Å²) in [7, 11) is 0. The van der Waals surface area contributed by atoms with Crippen LogP contribution in [0.1, 0.15) is 37.9 Å². The van der Waals surface area contributed by atoms with Crippen LogP contribution in [0.25, 0.3) is 6.08 Å². The zero-order chi connectivity index (χ0) is 26.0.